The molecule has 5 nitrogen and oxygen atoms in total. The van der Waals surface area contributed by atoms with E-state index in [9.17, 15) is 9.59 Å². The Morgan fingerprint density at radius 2 is 1.64 bits per heavy atom. The van der Waals surface area contributed by atoms with Gasteiger partial charge in [0.25, 0.3) is 0 Å². The molecule has 1 atom stereocenters. The number of hydrogen-bond donors (Lipinski definition) is 2. The third kappa shape index (κ3) is 4.41. The molecule has 0 aliphatic heterocycles. The van der Waals surface area contributed by atoms with E-state index in [4.69, 9.17) is 5.11 Å². The molecule has 1 amide bonds. The molecule has 25 heavy (non-hydrogen) atoms. The predicted molar refractivity (Wildman–Crippen MR) is 96.4 cm³/mol. The highest BCUT2D eigenvalue weighted by Crippen LogP contribution is 2.24. The van der Waals surface area contributed by atoms with Crippen LogP contribution >= 0.6 is 0 Å². The van der Waals surface area contributed by atoms with Crippen molar-refractivity contribution in [2.24, 2.45) is 0 Å². The highest BCUT2D eigenvalue weighted by molar-refractivity contribution is 5.92. The number of hydrogen-bond acceptors (Lipinski definition) is 3. The summed E-state index contributed by atoms with van der Waals surface area (Å²) in [6.07, 6.45) is -0.00655. The van der Waals surface area contributed by atoms with Gasteiger partial charge in [-0.1, -0.05) is 48.5 Å². The molecular weight excluding hydrogens is 316 g/mol. The number of carboxylic acids is 1. The van der Waals surface area contributed by atoms with E-state index in [1.165, 1.54) is 0 Å². The SMILES string of the molecule is O=C(O)C[C@H](CC(=O)Nc1ccc2ccccc2n1)c1ccccc1. The Labute approximate surface area is 145 Å². The van der Waals surface area contributed by atoms with Crippen molar-refractivity contribution in [2.45, 2.75) is 18.8 Å². The number of para-hydroxylation sites is 1. The Morgan fingerprint density at radius 3 is 2.40 bits per heavy atom. The number of fused-ring (bicyclic) bond motifs is 1. The summed E-state index contributed by atoms with van der Waals surface area (Å²) in [5.41, 5.74) is 1.64. The quantitative estimate of drug-likeness (QED) is 0.718. The molecule has 0 radical (unpaired) electrons. The minimum absolute atomic E-state index is 0.0881. The Bertz CT molecular complexity index is 894. The Balaban J connectivity index is 1.73. The summed E-state index contributed by atoms with van der Waals surface area (Å²) < 4.78 is 0. The molecule has 3 rings (SSSR count). The average molecular weight is 334 g/mol. The van der Waals surface area contributed by atoms with Gasteiger partial charge >= 0.3 is 5.97 Å². The molecule has 2 N–H and O–H groups in total. The van der Waals surface area contributed by atoms with E-state index in [-0.39, 0.29) is 24.7 Å². The van der Waals surface area contributed by atoms with Crippen LogP contribution in [0.2, 0.25) is 0 Å². The number of carbonyl (C=O) groups excluding carboxylic acids is 1. The monoisotopic (exact) mass is 334 g/mol. The average Bonchev–Trinajstić information content (AvgIpc) is 2.61. The minimum Gasteiger partial charge on any atom is -0.481 e. The van der Waals surface area contributed by atoms with Gasteiger partial charge in [0.15, 0.2) is 0 Å². The molecular formula is C20H18N2O3. The van der Waals surface area contributed by atoms with Gasteiger partial charge in [0.2, 0.25) is 5.91 Å². The number of anilines is 1. The van der Waals surface area contributed by atoms with E-state index in [2.05, 4.69) is 10.3 Å². The maximum atomic E-state index is 12.4. The summed E-state index contributed by atoms with van der Waals surface area (Å²) in [4.78, 5) is 27.9. The van der Waals surface area contributed by atoms with E-state index in [0.29, 0.717) is 5.82 Å². The fourth-order valence-corrected chi connectivity index (χ4v) is 2.80. The van der Waals surface area contributed by atoms with Crippen LogP contribution < -0.4 is 5.32 Å². The first-order chi connectivity index (χ1) is 12.1. The zero-order valence-electron chi connectivity index (χ0n) is 13.6. The number of aliphatic carboxylic acids is 1. The normalized spacial score (nSPS) is 11.8. The van der Waals surface area contributed by atoms with Crippen LogP contribution in [-0.2, 0) is 9.59 Å². The maximum absolute atomic E-state index is 12.4. The Hall–Kier alpha value is -3.21. The molecule has 0 aliphatic rings. The third-order valence-corrected chi connectivity index (χ3v) is 3.99. The van der Waals surface area contributed by atoms with Gasteiger partial charge in [0.05, 0.1) is 11.9 Å². The zero-order chi connectivity index (χ0) is 17.6. The van der Waals surface area contributed by atoms with Crippen molar-refractivity contribution in [3.05, 3.63) is 72.3 Å². The number of amides is 1. The van der Waals surface area contributed by atoms with E-state index < -0.39 is 5.97 Å². The highest BCUT2D eigenvalue weighted by atomic mass is 16.4. The number of carbonyl (C=O) groups is 2. The molecule has 1 heterocycles. The third-order valence-electron chi connectivity index (χ3n) is 3.99. The largest absolute Gasteiger partial charge is 0.481 e. The predicted octanol–water partition coefficient (Wildman–Crippen LogP) is 3.82. The fourth-order valence-electron chi connectivity index (χ4n) is 2.80. The van der Waals surface area contributed by atoms with Gasteiger partial charge in [0, 0.05) is 17.7 Å². The number of aromatic nitrogens is 1. The van der Waals surface area contributed by atoms with Crippen LogP contribution in [0.5, 0.6) is 0 Å². The lowest BCUT2D eigenvalue weighted by atomic mass is 9.92. The van der Waals surface area contributed by atoms with E-state index in [1.54, 1.807) is 6.07 Å². The lowest BCUT2D eigenvalue weighted by Gasteiger charge is -2.15. The molecule has 0 saturated heterocycles. The summed E-state index contributed by atoms with van der Waals surface area (Å²) in [5.74, 6) is -1.09. The second kappa shape index (κ2) is 7.57. The number of carboxylic acid groups (broad SMARTS) is 1. The summed E-state index contributed by atoms with van der Waals surface area (Å²) in [6.45, 7) is 0. The van der Waals surface area contributed by atoms with Gasteiger partial charge < -0.3 is 10.4 Å². The van der Waals surface area contributed by atoms with Crippen LogP contribution in [0.15, 0.2) is 66.7 Å². The van der Waals surface area contributed by atoms with Crippen molar-refractivity contribution >= 4 is 28.6 Å². The number of rotatable bonds is 6. The molecule has 2 aromatic carbocycles. The van der Waals surface area contributed by atoms with Gasteiger partial charge in [-0.05, 0) is 23.8 Å². The van der Waals surface area contributed by atoms with Crippen LogP contribution in [-0.4, -0.2) is 22.0 Å². The first-order valence-electron chi connectivity index (χ1n) is 8.04. The van der Waals surface area contributed by atoms with Crippen molar-refractivity contribution in [1.29, 1.82) is 0 Å². The highest BCUT2D eigenvalue weighted by Gasteiger charge is 2.19. The van der Waals surface area contributed by atoms with Gasteiger partial charge in [-0.2, -0.15) is 0 Å². The lowest BCUT2D eigenvalue weighted by molar-refractivity contribution is -0.137. The smallest absolute Gasteiger partial charge is 0.303 e. The number of nitrogens with zero attached hydrogens (tertiary/aromatic N) is 1. The Morgan fingerprint density at radius 1 is 0.920 bits per heavy atom. The number of benzene rings is 2. The molecule has 0 fully saturated rings. The van der Waals surface area contributed by atoms with Crippen LogP contribution in [0.4, 0.5) is 5.82 Å². The minimum atomic E-state index is -0.925. The van der Waals surface area contributed by atoms with Gasteiger partial charge in [0.1, 0.15) is 5.82 Å². The molecule has 0 unspecified atom stereocenters. The summed E-state index contributed by atoms with van der Waals surface area (Å²) in [5, 5.41) is 12.9. The van der Waals surface area contributed by atoms with Crippen LogP contribution in [0.3, 0.4) is 0 Å². The summed E-state index contributed by atoms with van der Waals surface area (Å²) in [7, 11) is 0. The molecule has 1 aromatic heterocycles. The zero-order valence-corrected chi connectivity index (χ0v) is 13.6. The molecule has 0 bridgehead atoms. The van der Waals surface area contributed by atoms with E-state index in [1.807, 2.05) is 60.7 Å². The first kappa shape index (κ1) is 16.6. The number of pyridine rings is 1. The van der Waals surface area contributed by atoms with Crippen molar-refractivity contribution in [3.8, 4) is 0 Å². The molecule has 0 aliphatic carbocycles. The second-order valence-electron chi connectivity index (χ2n) is 5.85. The van der Waals surface area contributed by atoms with Crippen molar-refractivity contribution in [1.82, 2.24) is 4.98 Å². The van der Waals surface area contributed by atoms with Crippen molar-refractivity contribution in [2.75, 3.05) is 5.32 Å². The lowest BCUT2D eigenvalue weighted by Crippen LogP contribution is -2.18. The number of nitrogens with one attached hydrogen (secondary N) is 1. The van der Waals surface area contributed by atoms with Crippen molar-refractivity contribution in [3.63, 3.8) is 0 Å². The van der Waals surface area contributed by atoms with E-state index >= 15 is 0 Å². The Kier molecular flexibility index (Phi) is 5.04. The first-order valence-corrected chi connectivity index (χ1v) is 8.04. The van der Waals surface area contributed by atoms with Gasteiger partial charge in [-0.25, -0.2) is 4.98 Å². The van der Waals surface area contributed by atoms with Crippen LogP contribution in [0.1, 0.15) is 24.3 Å². The second-order valence-corrected chi connectivity index (χ2v) is 5.85. The van der Waals surface area contributed by atoms with Crippen molar-refractivity contribution < 1.29 is 14.7 Å². The molecule has 0 spiro atoms. The van der Waals surface area contributed by atoms with Gasteiger partial charge in [-0.3, -0.25) is 9.59 Å². The van der Waals surface area contributed by atoms with Gasteiger partial charge in [-0.15, -0.1) is 0 Å². The molecule has 126 valence electrons. The van der Waals surface area contributed by atoms with E-state index in [0.717, 1.165) is 16.5 Å². The topological polar surface area (TPSA) is 79.3 Å². The molecule has 0 saturated carbocycles. The molecule has 5 heteroatoms. The summed E-state index contributed by atoms with van der Waals surface area (Å²) >= 11 is 0. The maximum Gasteiger partial charge on any atom is 0.303 e. The van der Waals surface area contributed by atoms with Crippen LogP contribution in [0.25, 0.3) is 10.9 Å². The summed E-state index contributed by atoms with van der Waals surface area (Å²) in [6, 6.07) is 20.5. The molecule has 3 aromatic rings. The standard InChI is InChI=1S/C20H18N2O3/c23-19(12-16(13-20(24)25)14-6-2-1-3-7-14)22-18-11-10-15-8-4-5-9-17(15)21-18/h1-11,16H,12-13H2,(H,24,25)(H,21,22,23)/t16-/m0/s1. The fraction of sp³-hybridized carbons (Fsp3) is 0.150. The van der Waals surface area contributed by atoms with Crippen LogP contribution in [0, 0.1) is 0 Å².